The van der Waals surface area contributed by atoms with Crippen molar-refractivity contribution in [1.82, 2.24) is 4.57 Å². The molecule has 1 aliphatic carbocycles. The maximum atomic E-state index is 14.2. The van der Waals surface area contributed by atoms with Crippen LogP contribution >= 0.6 is 7.92 Å². The van der Waals surface area contributed by atoms with Crippen molar-refractivity contribution in [3.05, 3.63) is 309 Å². The average Bonchev–Trinajstić information content (AvgIpc) is 0.809. The number of aryl methyl sites for hydroxylation is 6. The zero-order valence-corrected chi connectivity index (χ0v) is 60.8. The van der Waals surface area contributed by atoms with Crippen LogP contribution in [0.4, 0.5) is 105 Å². The minimum Gasteiger partial charge on any atom is -0.298 e. The second-order valence-electron chi connectivity index (χ2n) is 25.3. The fourth-order valence-corrected chi connectivity index (χ4v) is 15.1. The van der Waals surface area contributed by atoms with E-state index in [2.05, 4.69) is 209 Å². The van der Waals surface area contributed by atoms with Crippen LogP contribution in [0, 0.1) is 47.9 Å². The number of hydrogen-bond acceptors (Lipinski definition) is 0. The molecule has 575 valence electrons. The Hall–Kier alpha value is -8.87. The monoisotopic (exact) mass is 1730 g/mol. The first-order valence-corrected chi connectivity index (χ1v) is 33.7. The molecule has 1 aliphatic rings. The van der Waals surface area contributed by atoms with E-state index >= 15 is 0 Å². The van der Waals surface area contributed by atoms with Gasteiger partial charge < -0.3 is 0 Å². The molecular formula is C79H63BF24IrN2P-. The number of nitrogens with zero attached hydrogens (tertiary/aromatic N) is 2. The van der Waals surface area contributed by atoms with Gasteiger partial charge in [-0.25, -0.2) is 0 Å². The molecule has 9 aromatic carbocycles. The van der Waals surface area contributed by atoms with Gasteiger partial charge in [0, 0.05) is 32.5 Å². The van der Waals surface area contributed by atoms with Gasteiger partial charge in [0.25, 0.3) is 6.33 Å². The first-order chi connectivity index (χ1) is 49.6. The van der Waals surface area contributed by atoms with E-state index in [4.69, 9.17) is 0 Å². The average molecular weight is 1730 g/mol. The molecule has 1 heterocycles. The minimum atomic E-state index is -6.13. The van der Waals surface area contributed by atoms with Crippen molar-refractivity contribution in [3.63, 3.8) is 0 Å². The van der Waals surface area contributed by atoms with E-state index in [1.807, 2.05) is 0 Å². The van der Waals surface area contributed by atoms with Crippen molar-refractivity contribution < 1.29 is 130 Å². The molecule has 0 amide bonds. The van der Waals surface area contributed by atoms with Gasteiger partial charge in [0.1, 0.15) is 6.15 Å². The first kappa shape index (κ1) is 86.4. The molecule has 2 nitrogen and oxygen atoms in total. The molecule has 0 unspecified atom stereocenters. The van der Waals surface area contributed by atoms with Crippen LogP contribution in [-0.2, 0) is 69.5 Å². The van der Waals surface area contributed by atoms with E-state index < -0.39 is 203 Å². The number of rotatable bonds is 9. The molecule has 0 atom stereocenters. The zero-order chi connectivity index (χ0) is 79.2. The zero-order valence-electron chi connectivity index (χ0n) is 57.5. The summed E-state index contributed by atoms with van der Waals surface area (Å²) < 4.78 is 345. The summed E-state index contributed by atoms with van der Waals surface area (Å²) in [5.41, 5.74) is -20.1. The molecule has 29 heteroatoms. The fourth-order valence-electron chi connectivity index (χ4n) is 12.8. The van der Waals surface area contributed by atoms with Crippen molar-refractivity contribution in [2.45, 2.75) is 117 Å². The summed E-state index contributed by atoms with van der Waals surface area (Å²) in [7, 11) is -0.446. The maximum absolute atomic E-state index is 14.2. The van der Waals surface area contributed by atoms with Crippen molar-refractivity contribution in [2.24, 2.45) is 0 Å². The van der Waals surface area contributed by atoms with E-state index in [1.165, 1.54) is 86.4 Å². The summed E-state index contributed by atoms with van der Waals surface area (Å²) in [6, 6.07) is 32.4. The second kappa shape index (κ2) is 34.0. The van der Waals surface area contributed by atoms with Gasteiger partial charge >= 0.3 is 49.4 Å². The number of halogens is 24. The fraction of sp³-hybridized carbons (Fsp3) is 0.228. The normalized spacial score (nSPS) is 13.8. The molecule has 0 saturated carbocycles. The van der Waals surface area contributed by atoms with Gasteiger partial charge in [-0.05, 0) is 138 Å². The van der Waals surface area contributed by atoms with E-state index in [-0.39, 0.29) is 20.1 Å². The van der Waals surface area contributed by atoms with Gasteiger partial charge in [-0.1, -0.05) is 199 Å². The van der Waals surface area contributed by atoms with Gasteiger partial charge in [0.15, 0.2) is 0 Å². The second-order valence-corrected chi connectivity index (χ2v) is 27.5. The summed E-state index contributed by atoms with van der Waals surface area (Å²) in [6.07, 6.45) is -33.2. The van der Waals surface area contributed by atoms with Crippen molar-refractivity contribution >= 4 is 51.8 Å². The third kappa shape index (κ3) is 21.5. The number of aromatic nitrogens is 2. The Balaban J connectivity index is 0.000000255. The molecule has 0 N–H and O–H groups in total. The Kier molecular flexibility index (Phi) is 27.2. The van der Waals surface area contributed by atoms with E-state index in [1.54, 1.807) is 0 Å². The molecular weight excluding hydrogens is 1670 g/mol. The standard InChI is InChI=1S/C32H12BF24.C21H24N2.C18H15P.C8H12.Ir/c34-25(35,36)13-1-14(26(37,38)39)6-21(5-13)33(22-7-15(27(40,41)42)2-16(8-22)28(43,44)45,23-9-17(29(46,47)48)3-18(10-23)30(49,50)51)24-11-19(31(52,53)54)4-20(12-24)32(55,56)57;1-14-9-16(3)20(17(4)10-14)22-7-8-23(13-22)21-18(5)11-15(2)12-19(21)6;1-4-10-16(11-5-1)19(17-12-6-2-7-13-17)18-14-8-3-9-15-18;1-2-4-6-8-7-5-3-1;/h1-12H;7-12H,1-6H3;1-15H;1-2,7-8H,3-6H2;/q-1;;;;/b;;;2-1-,8-7-;. The smallest absolute Gasteiger partial charge is 0.298 e. The third-order valence-corrected chi connectivity index (χ3v) is 19.6. The summed E-state index contributed by atoms with van der Waals surface area (Å²) in [4.78, 5) is 0. The maximum Gasteiger partial charge on any atom is 0.416 e. The third-order valence-electron chi connectivity index (χ3n) is 17.1. The SMILES string of the molecule is C1=C\CC/C=C\CC/1.Cc1cc(C)c(-n2[c-][n+](-c3c(C)cc(C)cc3C)cc2)c(C)c1.FC(F)(F)c1cc([B-](c2cc(C(F)(F)F)cc(C(F)(F)F)c2)(c2cc(C(F)(F)F)cc(C(F)(F)F)c2)c2cc(C(F)(F)F)cc(C(F)(F)F)c2)cc(C(F)(F)F)c1.[Ir].c1ccc(P(c2ccccc2)c2ccccc2)cc1. The number of alkyl halides is 24. The summed E-state index contributed by atoms with van der Waals surface area (Å²) in [6.45, 7) is 12.9. The number of benzene rings is 9. The quantitative estimate of drug-likeness (QED) is 0.0340. The largest absolute Gasteiger partial charge is 0.416 e. The van der Waals surface area contributed by atoms with Crippen LogP contribution in [-0.4, -0.2) is 10.7 Å². The Morgan fingerprint density at radius 1 is 0.315 bits per heavy atom. The Labute approximate surface area is 620 Å². The van der Waals surface area contributed by atoms with Crippen LogP contribution in [0.5, 0.6) is 0 Å². The Morgan fingerprint density at radius 3 is 0.759 bits per heavy atom. The van der Waals surface area contributed by atoms with Gasteiger partial charge in [0.05, 0.1) is 55.9 Å². The first-order valence-electron chi connectivity index (χ1n) is 32.4. The summed E-state index contributed by atoms with van der Waals surface area (Å²) in [5, 5.41) is 4.19. The molecule has 0 aliphatic heterocycles. The van der Waals surface area contributed by atoms with E-state index in [0.717, 1.165) is 0 Å². The molecule has 1 radical (unpaired) electrons. The molecule has 108 heavy (non-hydrogen) atoms. The molecule has 0 spiro atoms. The molecule has 10 aromatic rings. The van der Waals surface area contributed by atoms with E-state index in [0.29, 0.717) is 0 Å². The predicted octanol–water partition coefficient (Wildman–Crippen LogP) is 21.7. The minimum absolute atomic E-state index is 0. The summed E-state index contributed by atoms with van der Waals surface area (Å²) in [5.74, 6) is 0. The van der Waals surface area contributed by atoms with Gasteiger partial charge in [-0.2, -0.15) is 127 Å². The van der Waals surface area contributed by atoms with Crippen molar-refractivity contribution in [2.75, 3.05) is 0 Å². The topological polar surface area (TPSA) is 8.81 Å². The van der Waals surface area contributed by atoms with Crippen molar-refractivity contribution in [1.29, 1.82) is 0 Å². The number of hydrogen-bond donors (Lipinski definition) is 0. The molecule has 11 rings (SSSR count). The Morgan fingerprint density at radius 2 is 0.537 bits per heavy atom. The van der Waals surface area contributed by atoms with E-state index in [9.17, 15) is 105 Å². The molecule has 0 saturated heterocycles. The van der Waals surface area contributed by atoms with Crippen LogP contribution in [0.3, 0.4) is 0 Å². The van der Waals surface area contributed by atoms with Crippen LogP contribution in [0.1, 0.15) is 104 Å². The summed E-state index contributed by atoms with van der Waals surface area (Å²) >= 11 is 0. The number of imidazole rings is 1. The van der Waals surface area contributed by atoms with Gasteiger partial charge in [-0.15, -0.1) is 0 Å². The molecule has 1 aromatic heterocycles. The van der Waals surface area contributed by atoms with Gasteiger partial charge in [-0.3, -0.25) is 9.13 Å². The van der Waals surface area contributed by atoms with Crippen LogP contribution < -0.4 is 42.3 Å². The van der Waals surface area contributed by atoms with Crippen molar-refractivity contribution in [3.8, 4) is 11.4 Å². The van der Waals surface area contributed by atoms with Crippen LogP contribution in [0.2, 0.25) is 0 Å². The Bertz CT molecular complexity index is 4100. The molecule has 0 fully saturated rings. The van der Waals surface area contributed by atoms with Gasteiger partial charge in [0.2, 0.25) is 0 Å². The van der Waals surface area contributed by atoms with Crippen LogP contribution in [0.25, 0.3) is 11.4 Å². The van der Waals surface area contributed by atoms with Crippen LogP contribution in [0.15, 0.2) is 225 Å². The predicted molar refractivity (Wildman–Crippen MR) is 367 cm³/mol. The molecule has 0 bridgehead atoms. The number of allylic oxidation sites excluding steroid dienone is 4.